The topological polar surface area (TPSA) is 77.8 Å². The molecule has 1 rings (SSSR count). The molecule has 0 spiro atoms. The first-order valence-corrected chi connectivity index (χ1v) is 9.15. The number of rotatable bonds is 9. The molecule has 0 radical (unpaired) electrons. The van der Waals surface area contributed by atoms with Crippen molar-refractivity contribution < 1.29 is 20.1 Å². The second-order valence-corrected chi connectivity index (χ2v) is 7.76. The van der Waals surface area contributed by atoms with E-state index in [0.717, 1.165) is 31.3 Å². The quantitative estimate of drug-likeness (QED) is 0.564. The van der Waals surface area contributed by atoms with Gasteiger partial charge in [0, 0.05) is 6.42 Å². The fraction of sp³-hybridized carbons (Fsp3) is 0.750. The van der Waals surface area contributed by atoms with Crippen LogP contribution in [0.15, 0.2) is 23.8 Å². The molecule has 24 heavy (non-hydrogen) atoms. The van der Waals surface area contributed by atoms with E-state index < -0.39 is 17.8 Å². The molecular weight excluding hydrogens is 304 g/mol. The Morgan fingerprint density at radius 1 is 1.25 bits per heavy atom. The predicted molar refractivity (Wildman–Crippen MR) is 96.6 cm³/mol. The smallest absolute Gasteiger partial charge is 0.163 e. The largest absolute Gasteiger partial charge is 0.393 e. The van der Waals surface area contributed by atoms with Crippen LogP contribution in [0.2, 0.25) is 0 Å². The third kappa shape index (κ3) is 8.76. The van der Waals surface area contributed by atoms with Crippen LogP contribution in [0.1, 0.15) is 72.1 Å². The molecule has 0 bridgehead atoms. The highest BCUT2D eigenvalue weighted by molar-refractivity contribution is 5.86. The summed E-state index contributed by atoms with van der Waals surface area (Å²) >= 11 is 0. The zero-order valence-electron chi connectivity index (χ0n) is 15.4. The van der Waals surface area contributed by atoms with E-state index in [2.05, 4.69) is 13.0 Å². The number of hydrogen-bond donors (Lipinski definition) is 3. The van der Waals surface area contributed by atoms with Gasteiger partial charge in [0.05, 0.1) is 12.2 Å². The Morgan fingerprint density at radius 2 is 1.88 bits per heavy atom. The molecule has 0 aromatic carbocycles. The summed E-state index contributed by atoms with van der Waals surface area (Å²) in [6.45, 7) is 5.24. The molecule has 0 heterocycles. The maximum atomic E-state index is 11.7. The molecule has 1 saturated carbocycles. The third-order valence-corrected chi connectivity index (χ3v) is 4.62. The van der Waals surface area contributed by atoms with Crippen LogP contribution in [-0.2, 0) is 4.79 Å². The number of ketones is 1. The monoisotopic (exact) mass is 338 g/mol. The number of carbonyl (C=O) groups is 1. The second-order valence-electron chi connectivity index (χ2n) is 7.76. The number of hydrogen-bond acceptors (Lipinski definition) is 4. The first-order valence-electron chi connectivity index (χ1n) is 9.15. The van der Waals surface area contributed by atoms with E-state index in [1.807, 2.05) is 12.2 Å². The van der Waals surface area contributed by atoms with Gasteiger partial charge in [-0.2, -0.15) is 0 Å². The summed E-state index contributed by atoms with van der Waals surface area (Å²) < 4.78 is 0. The first-order chi connectivity index (χ1) is 11.2. The van der Waals surface area contributed by atoms with E-state index in [4.69, 9.17) is 0 Å². The second kappa shape index (κ2) is 10.1. The lowest BCUT2D eigenvalue weighted by Gasteiger charge is -2.24. The molecule has 4 nitrogen and oxygen atoms in total. The maximum Gasteiger partial charge on any atom is 0.163 e. The van der Waals surface area contributed by atoms with Gasteiger partial charge in [-0.3, -0.25) is 4.79 Å². The van der Waals surface area contributed by atoms with Gasteiger partial charge < -0.3 is 15.3 Å². The molecule has 0 unspecified atom stereocenters. The zero-order chi connectivity index (χ0) is 18.2. The number of carbonyl (C=O) groups excluding carboxylic acids is 1. The van der Waals surface area contributed by atoms with Crippen molar-refractivity contribution in [3.63, 3.8) is 0 Å². The molecule has 3 atom stereocenters. The number of aliphatic hydroxyl groups is 3. The van der Waals surface area contributed by atoms with Gasteiger partial charge in [-0.05, 0) is 58.3 Å². The molecule has 1 aliphatic rings. The summed E-state index contributed by atoms with van der Waals surface area (Å²) in [5.41, 5.74) is -0.105. The van der Waals surface area contributed by atoms with Crippen molar-refractivity contribution in [2.75, 3.05) is 0 Å². The van der Waals surface area contributed by atoms with Gasteiger partial charge in [0.15, 0.2) is 5.78 Å². The van der Waals surface area contributed by atoms with Gasteiger partial charge >= 0.3 is 0 Å². The van der Waals surface area contributed by atoms with Gasteiger partial charge in [-0.15, -0.1) is 0 Å². The Bertz CT molecular complexity index is 433. The molecule has 1 fully saturated rings. The van der Waals surface area contributed by atoms with Crippen LogP contribution in [-0.4, -0.2) is 38.9 Å². The average Bonchev–Trinajstić information content (AvgIpc) is 2.46. The molecule has 0 amide bonds. The number of unbranched alkanes of at least 4 members (excludes halogenated alkanes) is 1. The highest BCUT2D eigenvalue weighted by Gasteiger charge is 2.23. The fourth-order valence-corrected chi connectivity index (χ4v) is 3.02. The number of allylic oxidation sites excluding steroid dienone is 3. The van der Waals surface area contributed by atoms with E-state index in [1.54, 1.807) is 13.8 Å². The number of aliphatic hydroxyl groups excluding tert-OH is 2. The van der Waals surface area contributed by atoms with Gasteiger partial charge in [0.1, 0.15) is 5.60 Å². The Morgan fingerprint density at radius 3 is 2.46 bits per heavy atom. The van der Waals surface area contributed by atoms with E-state index in [1.165, 1.54) is 0 Å². The van der Waals surface area contributed by atoms with Crippen molar-refractivity contribution in [1.29, 1.82) is 0 Å². The molecule has 138 valence electrons. The zero-order valence-corrected chi connectivity index (χ0v) is 15.4. The van der Waals surface area contributed by atoms with E-state index in [-0.39, 0.29) is 5.78 Å². The Kier molecular flexibility index (Phi) is 8.88. The highest BCUT2D eigenvalue weighted by Crippen LogP contribution is 2.24. The SMILES string of the molecule is C[C@H](CCC/C=C/C=C1C[C@@H](O)C[C@H](O)C1)CCC(=O)C(C)(C)O. The van der Waals surface area contributed by atoms with E-state index in [0.29, 0.717) is 31.6 Å². The lowest BCUT2D eigenvalue weighted by Crippen LogP contribution is -2.31. The van der Waals surface area contributed by atoms with Crippen molar-refractivity contribution in [2.24, 2.45) is 5.92 Å². The van der Waals surface area contributed by atoms with Crippen LogP contribution < -0.4 is 0 Å². The van der Waals surface area contributed by atoms with Crippen molar-refractivity contribution in [3.05, 3.63) is 23.8 Å². The van der Waals surface area contributed by atoms with Crippen molar-refractivity contribution in [1.82, 2.24) is 0 Å². The standard InChI is InChI=1S/C20H34O4/c1-15(10-11-19(23)20(2,3)24)8-6-4-5-7-9-16-12-17(21)14-18(22)13-16/h5,7,9,15,17-18,21-22,24H,4,6,8,10-14H2,1-3H3/b7-5+/t15-,17-,18-/m1/s1. The normalized spacial score (nSPS) is 23.5. The molecular formula is C20H34O4. The van der Waals surface area contributed by atoms with E-state index >= 15 is 0 Å². The first kappa shape index (κ1) is 21.1. The predicted octanol–water partition coefficient (Wildman–Crippen LogP) is 3.30. The molecule has 0 saturated heterocycles. The summed E-state index contributed by atoms with van der Waals surface area (Å²) in [5, 5.41) is 28.9. The van der Waals surface area contributed by atoms with Crippen LogP contribution >= 0.6 is 0 Å². The Labute approximate surface area is 146 Å². The van der Waals surface area contributed by atoms with Crippen molar-refractivity contribution >= 4 is 5.78 Å². The lowest BCUT2D eigenvalue weighted by atomic mass is 9.90. The van der Waals surface area contributed by atoms with Gasteiger partial charge in [0.25, 0.3) is 0 Å². The lowest BCUT2D eigenvalue weighted by molar-refractivity contribution is -0.134. The van der Waals surface area contributed by atoms with Crippen molar-refractivity contribution in [2.45, 2.75) is 89.9 Å². The van der Waals surface area contributed by atoms with Crippen LogP contribution in [0, 0.1) is 5.92 Å². The minimum atomic E-state index is -1.21. The van der Waals surface area contributed by atoms with Crippen LogP contribution in [0.3, 0.4) is 0 Å². The highest BCUT2D eigenvalue weighted by atomic mass is 16.3. The summed E-state index contributed by atoms with van der Waals surface area (Å²) in [5.74, 6) is 0.393. The fourth-order valence-electron chi connectivity index (χ4n) is 3.02. The molecule has 1 aliphatic carbocycles. The maximum absolute atomic E-state index is 11.7. The van der Waals surface area contributed by atoms with Crippen LogP contribution in [0.25, 0.3) is 0 Å². The molecule has 3 N–H and O–H groups in total. The van der Waals surface area contributed by atoms with Gasteiger partial charge in [-0.1, -0.05) is 37.1 Å². The molecule has 0 aromatic heterocycles. The summed E-state index contributed by atoms with van der Waals surface area (Å²) in [7, 11) is 0. The molecule has 0 aliphatic heterocycles. The minimum Gasteiger partial charge on any atom is -0.393 e. The average molecular weight is 338 g/mol. The Hall–Kier alpha value is -0.970. The summed E-state index contributed by atoms with van der Waals surface area (Å²) in [6.07, 6.45) is 11.5. The molecule has 0 aromatic rings. The van der Waals surface area contributed by atoms with E-state index in [9.17, 15) is 20.1 Å². The van der Waals surface area contributed by atoms with Gasteiger partial charge in [0.2, 0.25) is 0 Å². The van der Waals surface area contributed by atoms with Gasteiger partial charge in [-0.25, -0.2) is 0 Å². The summed E-state index contributed by atoms with van der Waals surface area (Å²) in [6, 6.07) is 0. The third-order valence-electron chi connectivity index (χ3n) is 4.62. The summed E-state index contributed by atoms with van der Waals surface area (Å²) in [4.78, 5) is 11.7. The molecule has 4 heteroatoms. The minimum absolute atomic E-state index is 0.0854. The number of Topliss-reactive ketones (excluding diaryl/α,β-unsaturated/α-hetero) is 1. The Balaban J connectivity index is 2.17. The van der Waals surface area contributed by atoms with Crippen molar-refractivity contribution in [3.8, 4) is 0 Å². The van der Waals surface area contributed by atoms with Crippen LogP contribution in [0.5, 0.6) is 0 Å². The van der Waals surface area contributed by atoms with Crippen LogP contribution in [0.4, 0.5) is 0 Å².